The van der Waals surface area contributed by atoms with Crippen LogP contribution in [-0.2, 0) is 19.2 Å². The molecule has 0 unspecified atom stereocenters. The van der Waals surface area contributed by atoms with Gasteiger partial charge in [-0.25, -0.2) is 4.79 Å². The third-order valence-electron chi connectivity index (χ3n) is 1.53. The Labute approximate surface area is 102 Å². The van der Waals surface area contributed by atoms with Crippen LogP contribution in [0.4, 0.5) is 0 Å². The molecule has 1 rings (SSSR count). The van der Waals surface area contributed by atoms with Crippen LogP contribution in [0.5, 0.6) is 0 Å². The molecule has 0 atom stereocenters. The molecule has 1 saturated heterocycles. The minimum atomic E-state index is -0.761. The molecule has 5 heteroatoms. The van der Waals surface area contributed by atoms with Crippen molar-refractivity contribution in [3.63, 3.8) is 0 Å². The lowest BCUT2D eigenvalue weighted by Gasteiger charge is -2.11. The Morgan fingerprint density at radius 1 is 1.12 bits per heavy atom. The summed E-state index contributed by atoms with van der Waals surface area (Å²) in [6.45, 7) is 12.8. The first-order valence-corrected chi connectivity index (χ1v) is 5.76. The number of hydroxylamine groups is 2. The molecule has 0 spiro atoms. The predicted octanol–water partition coefficient (Wildman–Crippen LogP) is 2.22. The summed E-state index contributed by atoms with van der Waals surface area (Å²) in [5, 5.41) is 0.497. The first kappa shape index (κ1) is 17.7. The van der Waals surface area contributed by atoms with Crippen molar-refractivity contribution in [3.8, 4) is 0 Å². The Balaban J connectivity index is 0. The van der Waals surface area contributed by atoms with Crippen LogP contribution in [0.3, 0.4) is 0 Å². The van der Waals surface area contributed by atoms with Crippen LogP contribution in [0, 0.1) is 0 Å². The van der Waals surface area contributed by atoms with Crippen molar-refractivity contribution in [3.05, 3.63) is 12.2 Å². The van der Waals surface area contributed by atoms with Crippen molar-refractivity contribution < 1.29 is 19.2 Å². The minimum absolute atomic E-state index is 0.0995. The molecule has 0 N–H and O–H groups in total. The Morgan fingerprint density at radius 2 is 1.47 bits per heavy atom. The molecule has 0 saturated carbocycles. The van der Waals surface area contributed by atoms with E-state index in [0.717, 1.165) is 0 Å². The van der Waals surface area contributed by atoms with Gasteiger partial charge in [0.1, 0.15) is 0 Å². The Hall–Kier alpha value is -1.65. The van der Waals surface area contributed by atoms with E-state index >= 15 is 0 Å². The molecule has 1 fully saturated rings. The zero-order valence-electron chi connectivity index (χ0n) is 11.2. The lowest BCUT2D eigenvalue weighted by molar-refractivity contribution is -0.194. The standard InChI is InChI=1S/C8H9NO4.2C2H6/c1-5(2)8(12)13-9-6(10)3-4-7(9)11;2*1-2/h1,3-4H2,2H3;2*1-2H3. The summed E-state index contributed by atoms with van der Waals surface area (Å²) in [6.07, 6.45) is 0.199. The molecule has 0 radical (unpaired) electrons. The Morgan fingerprint density at radius 3 is 1.76 bits per heavy atom. The van der Waals surface area contributed by atoms with Crippen LogP contribution in [0.15, 0.2) is 12.2 Å². The molecule has 2 amide bonds. The normalized spacial score (nSPS) is 13.1. The van der Waals surface area contributed by atoms with Crippen molar-refractivity contribution in [2.24, 2.45) is 0 Å². The van der Waals surface area contributed by atoms with Gasteiger partial charge in [-0.1, -0.05) is 34.3 Å². The van der Waals surface area contributed by atoms with Gasteiger partial charge >= 0.3 is 5.97 Å². The molecule has 5 nitrogen and oxygen atoms in total. The van der Waals surface area contributed by atoms with Gasteiger partial charge in [-0.2, -0.15) is 0 Å². The van der Waals surface area contributed by atoms with Gasteiger partial charge in [-0.05, 0) is 6.92 Å². The summed E-state index contributed by atoms with van der Waals surface area (Å²) < 4.78 is 0. The maximum atomic E-state index is 10.9. The van der Waals surface area contributed by atoms with Gasteiger partial charge in [0.15, 0.2) is 0 Å². The van der Waals surface area contributed by atoms with Gasteiger partial charge in [-0.3, -0.25) is 9.59 Å². The average Bonchev–Trinajstić information content (AvgIpc) is 2.66. The Kier molecular flexibility index (Phi) is 9.98. The van der Waals surface area contributed by atoms with E-state index in [-0.39, 0.29) is 18.4 Å². The van der Waals surface area contributed by atoms with E-state index in [4.69, 9.17) is 0 Å². The molecule has 17 heavy (non-hydrogen) atoms. The SMILES string of the molecule is C=C(C)C(=O)ON1C(=O)CCC1=O.CC.CC. The third-order valence-corrected chi connectivity index (χ3v) is 1.53. The molecule has 98 valence electrons. The molecule has 1 heterocycles. The van der Waals surface area contributed by atoms with Crippen molar-refractivity contribution >= 4 is 17.8 Å². The predicted molar refractivity (Wildman–Crippen MR) is 64.7 cm³/mol. The summed E-state index contributed by atoms with van der Waals surface area (Å²) in [5.41, 5.74) is 0.146. The molecular weight excluding hydrogens is 222 g/mol. The van der Waals surface area contributed by atoms with Crippen LogP contribution < -0.4 is 0 Å². The van der Waals surface area contributed by atoms with Crippen molar-refractivity contribution in [2.45, 2.75) is 47.5 Å². The van der Waals surface area contributed by atoms with Crippen molar-refractivity contribution in [2.75, 3.05) is 0 Å². The zero-order valence-corrected chi connectivity index (χ0v) is 11.2. The molecule has 1 aliphatic heterocycles. The van der Waals surface area contributed by atoms with Crippen molar-refractivity contribution in [1.82, 2.24) is 5.06 Å². The van der Waals surface area contributed by atoms with Crippen LogP contribution >= 0.6 is 0 Å². The quantitative estimate of drug-likeness (QED) is 0.551. The molecule has 0 aromatic carbocycles. The highest BCUT2D eigenvalue weighted by Crippen LogP contribution is 2.12. The largest absolute Gasteiger partial charge is 0.359 e. The van der Waals surface area contributed by atoms with Gasteiger partial charge < -0.3 is 4.84 Å². The highest BCUT2D eigenvalue weighted by Gasteiger charge is 2.32. The topological polar surface area (TPSA) is 63.7 Å². The fourth-order valence-electron chi connectivity index (χ4n) is 0.819. The van der Waals surface area contributed by atoms with E-state index in [1.165, 1.54) is 6.92 Å². The molecular formula is C12H21NO4. The lowest BCUT2D eigenvalue weighted by Crippen LogP contribution is -2.32. The number of hydrogen-bond acceptors (Lipinski definition) is 4. The van der Waals surface area contributed by atoms with Gasteiger partial charge in [0.2, 0.25) is 0 Å². The summed E-state index contributed by atoms with van der Waals surface area (Å²) in [5.74, 6) is -1.73. The van der Waals surface area contributed by atoms with Crippen LogP contribution in [0.25, 0.3) is 0 Å². The number of imide groups is 1. The van der Waals surface area contributed by atoms with Gasteiger partial charge in [-0.15, -0.1) is 5.06 Å². The summed E-state index contributed by atoms with van der Waals surface area (Å²) in [6, 6.07) is 0. The van der Waals surface area contributed by atoms with E-state index in [2.05, 4.69) is 11.4 Å². The number of nitrogens with zero attached hydrogens (tertiary/aromatic N) is 1. The van der Waals surface area contributed by atoms with E-state index < -0.39 is 17.8 Å². The lowest BCUT2D eigenvalue weighted by atomic mass is 10.4. The first-order valence-electron chi connectivity index (χ1n) is 5.76. The monoisotopic (exact) mass is 243 g/mol. The summed E-state index contributed by atoms with van der Waals surface area (Å²) in [7, 11) is 0. The van der Waals surface area contributed by atoms with E-state index in [1.807, 2.05) is 27.7 Å². The van der Waals surface area contributed by atoms with Crippen LogP contribution in [-0.4, -0.2) is 22.8 Å². The van der Waals surface area contributed by atoms with Crippen molar-refractivity contribution in [1.29, 1.82) is 0 Å². The number of rotatable bonds is 2. The third kappa shape index (κ3) is 5.85. The van der Waals surface area contributed by atoms with Gasteiger partial charge in [0.05, 0.1) is 0 Å². The van der Waals surface area contributed by atoms with Gasteiger partial charge in [0, 0.05) is 18.4 Å². The number of carbonyl (C=O) groups is 3. The Bertz CT molecular complexity index is 281. The fourth-order valence-corrected chi connectivity index (χ4v) is 0.819. The average molecular weight is 243 g/mol. The molecule has 1 aliphatic rings. The second-order valence-corrected chi connectivity index (χ2v) is 2.74. The number of amides is 2. The maximum Gasteiger partial charge on any atom is 0.359 e. The molecule has 0 aliphatic carbocycles. The van der Waals surface area contributed by atoms with E-state index in [0.29, 0.717) is 5.06 Å². The first-order chi connectivity index (χ1) is 8.02. The number of carbonyl (C=O) groups excluding carboxylic acids is 3. The van der Waals surface area contributed by atoms with E-state index in [1.54, 1.807) is 0 Å². The molecule has 0 aromatic heterocycles. The van der Waals surface area contributed by atoms with Crippen LogP contribution in [0.2, 0.25) is 0 Å². The minimum Gasteiger partial charge on any atom is -0.325 e. The van der Waals surface area contributed by atoms with Crippen LogP contribution in [0.1, 0.15) is 47.5 Å². The molecule has 0 bridgehead atoms. The summed E-state index contributed by atoms with van der Waals surface area (Å²) >= 11 is 0. The fraction of sp³-hybridized carbons (Fsp3) is 0.583. The highest BCUT2D eigenvalue weighted by molar-refractivity contribution is 6.02. The second kappa shape index (κ2) is 9.57. The van der Waals surface area contributed by atoms with E-state index in [9.17, 15) is 14.4 Å². The van der Waals surface area contributed by atoms with Gasteiger partial charge in [0.25, 0.3) is 11.8 Å². The summed E-state index contributed by atoms with van der Waals surface area (Å²) in [4.78, 5) is 37.3. The second-order valence-electron chi connectivity index (χ2n) is 2.74. The smallest absolute Gasteiger partial charge is 0.325 e. The zero-order chi connectivity index (χ0) is 14.0. The highest BCUT2D eigenvalue weighted by atomic mass is 16.7. The number of hydrogen-bond donors (Lipinski definition) is 0. The molecule has 0 aromatic rings. The maximum absolute atomic E-state index is 10.9.